The van der Waals surface area contributed by atoms with Crippen LogP contribution in [0.2, 0.25) is 0 Å². The van der Waals surface area contributed by atoms with Crippen molar-refractivity contribution in [2.24, 2.45) is 11.3 Å². The van der Waals surface area contributed by atoms with E-state index in [1.807, 2.05) is 48.2 Å². The lowest BCUT2D eigenvalue weighted by molar-refractivity contribution is -0.134. The molecule has 3 amide bonds. The number of likely N-dealkylation sites (tertiary alicyclic amines) is 1. The zero-order chi connectivity index (χ0) is 31.7. The number of aromatic amines is 1. The van der Waals surface area contributed by atoms with Gasteiger partial charge in [-0.15, -0.1) is 5.10 Å². The second kappa shape index (κ2) is 12.5. The van der Waals surface area contributed by atoms with Crippen molar-refractivity contribution in [3.8, 4) is 0 Å². The Morgan fingerprint density at radius 2 is 1.82 bits per heavy atom. The number of fused-ring (bicyclic) bond motifs is 1. The standard InChI is InChI=1S/C32H39N9O3S/c1-19-14-26(38-37-19)35-29-25-15-22(33-27(42)16-23-6-5-13-40(23)28(43)17-32(2,3)4)18-41(25)39-31(36-29)45-24-11-9-21(10-12-24)34-30(44)20-7-8-20/h9-12,14-15,18,20,23H,5-8,13,16-17H2,1-4H3,(H,33,42)(H,34,44)(H2,35,36,37,38,39)/t23-/m0/s1. The average Bonchev–Trinajstić information content (AvgIpc) is 3.37. The van der Waals surface area contributed by atoms with Gasteiger partial charge in [0.05, 0.1) is 11.9 Å². The lowest BCUT2D eigenvalue weighted by Crippen LogP contribution is -2.39. The number of hydrogen-bond donors (Lipinski definition) is 4. The molecule has 4 heterocycles. The molecule has 0 radical (unpaired) electrons. The van der Waals surface area contributed by atoms with E-state index in [9.17, 15) is 14.4 Å². The maximum atomic E-state index is 13.2. The van der Waals surface area contributed by atoms with Crippen LogP contribution in [0.5, 0.6) is 0 Å². The normalized spacial score (nSPS) is 16.6. The third-order valence-electron chi connectivity index (χ3n) is 7.76. The topological polar surface area (TPSA) is 149 Å². The first-order valence-electron chi connectivity index (χ1n) is 15.4. The summed E-state index contributed by atoms with van der Waals surface area (Å²) in [4.78, 5) is 45.7. The number of rotatable bonds is 10. The van der Waals surface area contributed by atoms with Crippen molar-refractivity contribution >= 4 is 58.0 Å². The number of amides is 3. The molecule has 12 nitrogen and oxygen atoms in total. The van der Waals surface area contributed by atoms with Crippen molar-refractivity contribution in [2.75, 3.05) is 22.5 Å². The van der Waals surface area contributed by atoms with Crippen molar-refractivity contribution in [3.63, 3.8) is 0 Å². The first kappa shape index (κ1) is 30.6. The van der Waals surface area contributed by atoms with Gasteiger partial charge in [-0.25, -0.2) is 9.50 Å². The number of carbonyl (C=O) groups is 3. The summed E-state index contributed by atoms with van der Waals surface area (Å²) in [6, 6.07) is 11.2. The van der Waals surface area contributed by atoms with Crippen molar-refractivity contribution in [2.45, 2.75) is 82.3 Å². The van der Waals surface area contributed by atoms with Gasteiger partial charge in [-0.1, -0.05) is 20.8 Å². The third-order valence-corrected chi connectivity index (χ3v) is 8.62. The van der Waals surface area contributed by atoms with E-state index < -0.39 is 0 Å². The Hall–Kier alpha value is -4.39. The van der Waals surface area contributed by atoms with Crippen LogP contribution < -0.4 is 16.0 Å². The van der Waals surface area contributed by atoms with Gasteiger partial charge < -0.3 is 20.9 Å². The number of anilines is 4. The number of aromatic nitrogens is 5. The molecule has 2 aliphatic rings. The molecule has 1 aromatic carbocycles. The average molecular weight is 630 g/mol. The van der Waals surface area contributed by atoms with Crippen molar-refractivity contribution < 1.29 is 14.4 Å². The molecule has 0 unspecified atom stereocenters. The molecule has 0 spiro atoms. The van der Waals surface area contributed by atoms with E-state index in [1.165, 1.54) is 11.8 Å². The SMILES string of the molecule is Cc1cc(Nc2nc(Sc3ccc(NC(=O)C4CC4)cc3)nn3cc(NC(=O)C[C@@H]4CCCN4C(=O)CC(C)(C)C)cc23)n[nH]1. The van der Waals surface area contributed by atoms with Crippen LogP contribution in [0, 0.1) is 18.3 Å². The van der Waals surface area contributed by atoms with Gasteiger partial charge in [-0.2, -0.15) is 5.10 Å². The van der Waals surface area contributed by atoms with Crippen LogP contribution in [-0.4, -0.2) is 60.0 Å². The van der Waals surface area contributed by atoms with E-state index in [-0.39, 0.29) is 41.5 Å². The Morgan fingerprint density at radius 3 is 2.51 bits per heavy atom. The van der Waals surface area contributed by atoms with Gasteiger partial charge in [0.25, 0.3) is 0 Å². The summed E-state index contributed by atoms with van der Waals surface area (Å²) < 4.78 is 1.69. The minimum Gasteiger partial charge on any atom is -0.339 e. The van der Waals surface area contributed by atoms with Gasteiger partial charge in [0, 0.05) is 53.7 Å². The molecule has 0 bridgehead atoms. The largest absolute Gasteiger partial charge is 0.339 e. The molecule has 45 heavy (non-hydrogen) atoms. The fourth-order valence-corrected chi connectivity index (χ4v) is 6.19. The quantitative estimate of drug-likeness (QED) is 0.173. The molecule has 236 valence electrons. The highest BCUT2D eigenvalue weighted by Crippen LogP contribution is 2.33. The number of aryl methyl sites for hydroxylation is 1. The first-order valence-corrected chi connectivity index (χ1v) is 16.2. The number of hydrogen-bond acceptors (Lipinski definition) is 8. The maximum absolute atomic E-state index is 13.2. The second-order valence-electron chi connectivity index (χ2n) is 13.1. The summed E-state index contributed by atoms with van der Waals surface area (Å²) in [7, 11) is 0. The van der Waals surface area contributed by atoms with Crippen molar-refractivity contribution in [1.82, 2.24) is 29.7 Å². The molecule has 6 rings (SSSR count). The van der Waals surface area contributed by atoms with E-state index in [2.05, 4.69) is 46.9 Å². The zero-order valence-corrected chi connectivity index (χ0v) is 26.8. The number of carbonyl (C=O) groups excluding carboxylic acids is 3. The summed E-state index contributed by atoms with van der Waals surface area (Å²) in [6.07, 6.45) is 6.09. The molecule has 1 aliphatic heterocycles. The van der Waals surface area contributed by atoms with E-state index in [4.69, 9.17) is 10.1 Å². The van der Waals surface area contributed by atoms with Gasteiger partial charge in [0.15, 0.2) is 11.6 Å². The minimum absolute atomic E-state index is 0.0682. The summed E-state index contributed by atoms with van der Waals surface area (Å²) in [6.45, 7) is 8.77. The molecule has 3 aromatic heterocycles. The zero-order valence-electron chi connectivity index (χ0n) is 26.0. The van der Waals surface area contributed by atoms with Gasteiger partial charge in [-0.05, 0) is 80.1 Å². The highest BCUT2D eigenvalue weighted by molar-refractivity contribution is 7.99. The Bertz CT molecular complexity index is 1720. The minimum atomic E-state index is -0.153. The van der Waals surface area contributed by atoms with Crippen LogP contribution >= 0.6 is 11.8 Å². The van der Waals surface area contributed by atoms with Gasteiger partial charge in [0.1, 0.15) is 5.52 Å². The number of nitrogens with zero attached hydrogens (tertiary/aromatic N) is 5. The number of H-pyrrole nitrogens is 1. The molecule has 1 atom stereocenters. The summed E-state index contributed by atoms with van der Waals surface area (Å²) >= 11 is 1.38. The molecular weight excluding hydrogens is 590 g/mol. The predicted octanol–water partition coefficient (Wildman–Crippen LogP) is 5.76. The lowest BCUT2D eigenvalue weighted by Gasteiger charge is -2.28. The molecular formula is C32H39N9O3S. The van der Waals surface area contributed by atoms with Crippen LogP contribution in [0.3, 0.4) is 0 Å². The predicted molar refractivity (Wildman–Crippen MR) is 174 cm³/mol. The first-order chi connectivity index (χ1) is 21.5. The smallest absolute Gasteiger partial charge is 0.227 e. The highest BCUT2D eigenvalue weighted by atomic mass is 32.2. The van der Waals surface area contributed by atoms with Gasteiger partial charge in [-0.3, -0.25) is 19.5 Å². The van der Waals surface area contributed by atoms with Crippen LogP contribution in [0.15, 0.2) is 52.6 Å². The number of nitrogens with one attached hydrogen (secondary N) is 4. The molecule has 1 aliphatic carbocycles. The Balaban J connectivity index is 1.18. The molecule has 1 saturated heterocycles. The van der Waals surface area contributed by atoms with Crippen LogP contribution in [0.25, 0.3) is 5.52 Å². The Morgan fingerprint density at radius 1 is 1.04 bits per heavy atom. The van der Waals surface area contributed by atoms with Crippen LogP contribution in [0.4, 0.5) is 23.0 Å². The second-order valence-corrected chi connectivity index (χ2v) is 14.2. The Kier molecular flexibility index (Phi) is 8.54. The summed E-state index contributed by atoms with van der Waals surface area (Å²) in [5.41, 5.74) is 2.80. The fraction of sp³-hybridized carbons (Fsp3) is 0.438. The van der Waals surface area contributed by atoms with E-state index in [1.54, 1.807) is 10.7 Å². The van der Waals surface area contributed by atoms with Crippen LogP contribution in [-0.2, 0) is 14.4 Å². The molecule has 4 N–H and O–H groups in total. The van der Waals surface area contributed by atoms with E-state index in [0.29, 0.717) is 41.0 Å². The lowest BCUT2D eigenvalue weighted by atomic mass is 9.91. The fourth-order valence-electron chi connectivity index (χ4n) is 5.45. The number of benzene rings is 1. The third kappa shape index (κ3) is 7.83. The van der Waals surface area contributed by atoms with Gasteiger partial charge in [0.2, 0.25) is 22.9 Å². The highest BCUT2D eigenvalue weighted by Gasteiger charge is 2.32. The summed E-state index contributed by atoms with van der Waals surface area (Å²) in [5, 5.41) is 21.6. The monoisotopic (exact) mass is 629 g/mol. The maximum Gasteiger partial charge on any atom is 0.227 e. The molecule has 1 saturated carbocycles. The van der Waals surface area contributed by atoms with Gasteiger partial charge >= 0.3 is 0 Å². The van der Waals surface area contributed by atoms with Crippen LogP contribution in [0.1, 0.15) is 65.0 Å². The Labute approximate surface area is 266 Å². The van der Waals surface area contributed by atoms with Crippen molar-refractivity contribution in [3.05, 3.63) is 48.3 Å². The van der Waals surface area contributed by atoms with Crippen molar-refractivity contribution in [1.29, 1.82) is 0 Å². The summed E-state index contributed by atoms with van der Waals surface area (Å²) in [5.74, 6) is 1.29. The molecule has 2 fully saturated rings. The molecule has 13 heteroatoms. The van der Waals surface area contributed by atoms with E-state index in [0.717, 1.165) is 42.0 Å². The molecule has 4 aromatic rings. The van der Waals surface area contributed by atoms with E-state index >= 15 is 0 Å².